The summed E-state index contributed by atoms with van der Waals surface area (Å²) in [6.45, 7) is 8.56. The Balaban J connectivity index is 2.28. The fraction of sp³-hybridized carbons (Fsp3) is 0.600. The fourth-order valence-corrected chi connectivity index (χ4v) is 2.31. The lowest BCUT2D eigenvalue weighted by molar-refractivity contribution is -0.121. The summed E-state index contributed by atoms with van der Waals surface area (Å²) in [5, 5.41) is 0. The van der Waals surface area contributed by atoms with Crippen molar-refractivity contribution in [3.05, 3.63) is 29.8 Å². The van der Waals surface area contributed by atoms with Crippen LogP contribution >= 0.6 is 0 Å². The SMILES string of the molecule is CCC(C)c1ccc(OC(C)CC(=O)CCOCCC(C)=O)cc1. The predicted octanol–water partition coefficient (Wildman–Crippen LogP) is 4.31. The fourth-order valence-electron chi connectivity index (χ4n) is 2.31. The monoisotopic (exact) mass is 334 g/mol. The minimum atomic E-state index is -0.163. The smallest absolute Gasteiger partial charge is 0.138 e. The maximum atomic E-state index is 11.9. The molecule has 1 aromatic carbocycles. The van der Waals surface area contributed by atoms with E-state index in [0.29, 0.717) is 38.4 Å². The molecule has 4 nitrogen and oxygen atoms in total. The first-order valence-corrected chi connectivity index (χ1v) is 8.77. The topological polar surface area (TPSA) is 52.6 Å². The summed E-state index contributed by atoms with van der Waals surface area (Å²) in [6, 6.07) is 8.10. The van der Waals surface area contributed by atoms with E-state index < -0.39 is 0 Å². The first-order valence-electron chi connectivity index (χ1n) is 8.77. The third kappa shape index (κ3) is 8.25. The van der Waals surface area contributed by atoms with Crippen LogP contribution in [0.2, 0.25) is 0 Å². The summed E-state index contributed by atoms with van der Waals surface area (Å²) in [6.07, 6.45) is 2.07. The molecule has 134 valence electrons. The standard InChI is InChI=1S/C20H30O4/c1-5-15(2)18-6-8-20(9-7-18)24-17(4)14-19(22)11-13-23-12-10-16(3)21/h6-9,15,17H,5,10-14H2,1-4H3. The largest absolute Gasteiger partial charge is 0.490 e. The molecule has 0 amide bonds. The average molecular weight is 334 g/mol. The lowest BCUT2D eigenvalue weighted by atomic mass is 9.99. The van der Waals surface area contributed by atoms with E-state index in [1.54, 1.807) is 0 Å². The molecule has 4 heteroatoms. The van der Waals surface area contributed by atoms with Gasteiger partial charge in [-0.2, -0.15) is 0 Å². The van der Waals surface area contributed by atoms with Gasteiger partial charge in [0.1, 0.15) is 23.4 Å². The molecule has 0 saturated heterocycles. The highest BCUT2D eigenvalue weighted by molar-refractivity contribution is 5.79. The van der Waals surface area contributed by atoms with Gasteiger partial charge in [0, 0.05) is 19.3 Å². The molecule has 0 heterocycles. The Kier molecular flexibility index (Phi) is 9.31. The van der Waals surface area contributed by atoms with Gasteiger partial charge in [0.15, 0.2) is 0 Å². The van der Waals surface area contributed by atoms with Crippen LogP contribution in [0, 0.1) is 0 Å². The van der Waals surface area contributed by atoms with Crippen LogP contribution in [0.1, 0.15) is 64.9 Å². The van der Waals surface area contributed by atoms with Crippen molar-refractivity contribution in [1.82, 2.24) is 0 Å². The van der Waals surface area contributed by atoms with E-state index in [0.717, 1.165) is 12.2 Å². The van der Waals surface area contributed by atoms with Crippen LogP contribution in [0.3, 0.4) is 0 Å². The molecule has 0 bridgehead atoms. The molecule has 0 N–H and O–H groups in total. The second kappa shape index (κ2) is 11.0. The molecular weight excluding hydrogens is 304 g/mol. The molecule has 0 radical (unpaired) electrons. The molecule has 0 saturated carbocycles. The van der Waals surface area contributed by atoms with Crippen molar-refractivity contribution in [2.75, 3.05) is 13.2 Å². The van der Waals surface area contributed by atoms with Crippen molar-refractivity contribution in [3.8, 4) is 5.75 Å². The number of hydrogen-bond donors (Lipinski definition) is 0. The van der Waals surface area contributed by atoms with Crippen LogP contribution in [0.5, 0.6) is 5.75 Å². The maximum absolute atomic E-state index is 11.9. The number of carbonyl (C=O) groups excluding carboxylic acids is 2. The van der Waals surface area contributed by atoms with E-state index in [-0.39, 0.29) is 17.7 Å². The lowest BCUT2D eigenvalue weighted by Crippen LogP contribution is -2.18. The average Bonchev–Trinajstić information content (AvgIpc) is 2.54. The molecule has 2 unspecified atom stereocenters. The molecule has 24 heavy (non-hydrogen) atoms. The van der Waals surface area contributed by atoms with E-state index >= 15 is 0 Å². The van der Waals surface area contributed by atoms with Crippen LogP contribution in [0.15, 0.2) is 24.3 Å². The van der Waals surface area contributed by atoms with Gasteiger partial charge in [0.05, 0.1) is 13.2 Å². The molecule has 0 spiro atoms. The van der Waals surface area contributed by atoms with Gasteiger partial charge in [-0.15, -0.1) is 0 Å². The number of Topliss-reactive ketones (excluding diaryl/α,β-unsaturated/α-hetero) is 2. The zero-order chi connectivity index (χ0) is 17.9. The molecular formula is C20H30O4. The van der Waals surface area contributed by atoms with E-state index in [4.69, 9.17) is 9.47 Å². The van der Waals surface area contributed by atoms with Gasteiger partial charge < -0.3 is 9.47 Å². The molecule has 0 aliphatic rings. The maximum Gasteiger partial charge on any atom is 0.138 e. The van der Waals surface area contributed by atoms with E-state index in [1.807, 2.05) is 19.1 Å². The van der Waals surface area contributed by atoms with Crippen LogP contribution in [0.25, 0.3) is 0 Å². The van der Waals surface area contributed by atoms with Crippen LogP contribution in [-0.2, 0) is 14.3 Å². The van der Waals surface area contributed by atoms with Crippen molar-refractivity contribution in [3.63, 3.8) is 0 Å². The second-order valence-corrected chi connectivity index (χ2v) is 6.36. The summed E-state index contributed by atoms with van der Waals surface area (Å²) in [5.41, 5.74) is 1.30. The quantitative estimate of drug-likeness (QED) is 0.534. The second-order valence-electron chi connectivity index (χ2n) is 6.36. The van der Waals surface area contributed by atoms with Crippen LogP contribution < -0.4 is 4.74 Å². The Morgan fingerprint density at radius 1 is 1.04 bits per heavy atom. The van der Waals surface area contributed by atoms with Crippen molar-refractivity contribution >= 4 is 11.6 Å². The lowest BCUT2D eigenvalue weighted by Gasteiger charge is -2.15. The molecule has 0 aliphatic carbocycles. The number of ether oxygens (including phenoxy) is 2. The summed E-state index contributed by atoms with van der Waals surface area (Å²) in [5.74, 6) is 1.55. The Morgan fingerprint density at radius 3 is 2.25 bits per heavy atom. The van der Waals surface area contributed by atoms with Gasteiger partial charge in [-0.3, -0.25) is 9.59 Å². The van der Waals surface area contributed by atoms with Crippen LogP contribution in [0.4, 0.5) is 0 Å². The molecule has 0 aromatic heterocycles. The summed E-state index contributed by atoms with van der Waals surface area (Å²) in [4.78, 5) is 22.7. The summed E-state index contributed by atoms with van der Waals surface area (Å²) < 4.78 is 11.1. The van der Waals surface area contributed by atoms with E-state index in [2.05, 4.69) is 26.0 Å². The number of hydrogen-bond acceptors (Lipinski definition) is 4. The van der Waals surface area contributed by atoms with E-state index in [9.17, 15) is 9.59 Å². The Bertz CT molecular complexity index is 507. The van der Waals surface area contributed by atoms with Gasteiger partial charge in [0.25, 0.3) is 0 Å². The highest BCUT2D eigenvalue weighted by Gasteiger charge is 2.11. The number of carbonyl (C=O) groups is 2. The van der Waals surface area contributed by atoms with Gasteiger partial charge in [-0.05, 0) is 43.9 Å². The first-order chi connectivity index (χ1) is 11.4. The summed E-state index contributed by atoms with van der Waals surface area (Å²) in [7, 11) is 0. The number of benzene rings is 1. The van der Waals surface area contributed by atoms with Crippen molar-refractivity contribution in [1.29, 1.82) is 0 Å². The highest BCUT2D eigenvalue weighted by Crippen LogP contribution is 2.22. The van der Waals surface area contributed by atoms with Gasteiger partial charge in [0.2, 0.25) is 0 Å². The first kappa shape index (κ1) is 20.4. The van der Waals surface area contributed by atoms with Gasteiger partial charge in [-0.25, -0.2) is 0 Å². The summed E-state index contributed by atoms with van der Waals surface area (Å²) >= 11 is 0. The molecule has 0 aliphatic heterocycles. The van der Waals surface area contributed by atoms with Crippen molar-refractivity contribution in [2.24, 2.45) is 0 Å². The number of ketones is 2. The van der Waals surface area contributed by atoms with Crippen LogP contribution in [-0.4, -0.2) is 30.9 Å². The number of rotatable bonds is 12. The van der Waals surface area contributed by atoms with Gasteiger partial charge in [-0.1, -0.05) is 26.0 Å². The third-order valence-electron chi connectivity index (χ3n) is 4.04. The molecule has 0 fully saturated rings. The Morgan fingerprint density at radius 2 is 1.67 bits per heavy atom. The van der Waals surface area contributed by atoms with E-state index in [1.165, 1.54) is 12.5 Å². The minimum Gasteiger partial charge on any atom is -0.490 e. The van der Waals surface area contributed by atoms with Gasteiger partial charge >= 0.3 is 0 Å². The Labute approximate surface area is 145 Å². The Hall–Kier alpha value is -1.68. The van der Waals surface area contributed by atoms with Crippen molar-refractivity contribution in [2.45, 2.75) is 65.4 Å². The zero-order valence-corrected chi connectivity index (χ0v) is 15.3. The minimum absolute atomic E-state index is 0.0997. The molecule has 1 aromatic rings. The predicted molar refractivity (Wildman–Crippen MR) is 95.6 cm³/mol. The highest BCUT2D eigenvalue weighted by atomic mass is 16.5. The van der Waals surface area contributed by atoms with Crippen molar-refractivity contribution < 1.29 is 19.1 Å². The third-order valence-corrected chi connectivity index (χ3v) is 4.04. The zero-order valence-electron chi connectivity index (χ0n) is 15.3. The normalized spacial score (nSPS) is 13.3. The molecule has 2 atom stereocenters. The molecule has 1 rings (SSSR count).